The van der Waals surface area contributed by atoms with Gasteiger partial charge in [0.25, 0.3) is 5.69 Å². The lowest BCUT2D eigenvalue weighted by atomic mass is 9.85. The van der Waals surface area contributed by atoms with Gasteiger partial charge in [0.05, 0.1) is 17.4 Å². The third kappa shape index (κ3) is 4.58. The molecule has 1 aromatic carbocycles. The van der Waals surface area contributed by atoms with Gasteiger partial charge < -0.3 is 14.4 Å². The van der Waals surface area contributed by atoms with Gasteiger partial charge in [-0.15, -0.1) is 0 Å². The van der Waals surface area contributed by atoms with Crippen LogP contribution in [0.5, 0.6) is 0 Å². The van der Waals surface area contributed by atoms with E-state index in [1.54, 1.807) is 28.8 Å². The number of non-ortho nitro benzene ring substituents is 1. The number of hydrogen-bond acceptors (Lipinski definition) is 8. The fourth-order valence-electron chi connectivity index (χ4n) is 4.04. The van der Waals surface area contributed by atoms with Gasteiger partial charge in [0.1, 0.15) is 12.6 Å². The van der Waals surface area contributed by atoms with Gasteiger partial charge in [-0.05, 0) is 36.3 Å². The standard InChI is InChI=1S/C20H24N2O7S/c1-3-30-17-10-16-15(8-9-28-12(2)23)19(24)21(16)18(17)20(25)29-11-13-4-6-14(7-5-13)22(26)27/h4-7,15-18H,3,8-11H2,1-2H3. The number of amides is 1. The average molecular weight is 436 g/mol. The molecule has 2 saturated heterocycles. The highest BCUT2D eigenvalue weighted by Crippen LogP contribution is 2.45. The molecule has 2 heterocycles. The largest absolute Gasteiger partial charge is 0.466 e. The number of benzene rings is 1. The van der Waals surface area contributed by atoms with Crippen molar-refractivity contribution in [1.29, 1.82) is 0 Å². The van der Waals surface area contributed by atoms with Crippen molar-refractivity contribution in [2.75, 3.05) is 12.4 Å². The summed E-state index contributed by atoms with van der Waals surface area (Å²) in [6.07, 6.45) is 1.15. The van der Waals surface area contributed by atoms with Crippen molar-refractivity contribution >= 4 is 35.3 Å². The molecule has 10 heteroatoms. The monoisotopic (exact) mass is 436 g/mol. The minimum Gasteiger partial charge on any atom is -0.466 e. The van der Waals surface area contributed by atoms with Gasteiger partial charge in [0.2, 0.25) is 5.91 Å². The molecule has 9 nitrogen and oxygen atoms in total. The molecule has 0 radical (unpaired) electrons. The quantitative estimate of drug-likeness (QED) is 0.251. The maximum Gasteiger partial charge on any atom is 0.330 e. The maximum absolute atomic E-state index is 12.8. The van der Waals surface area contributed by atoms with Gasteiger partial charge in [-0.1, -0.05) is 6.92 Å². The molecule has 1 amide bonds. The van der Waals surface area contributed by atoms with Crippen LogP contribution in [-0.2, 0) is 30.5 Å². The fourth-order valence-corrected chi connectivity index (χ4v) is 5.22. The summed E-state index contributed by atoms with van der Waals surface area (Å²) in [5.41, 5.74) is 0.603. The van der Waals surface area contributed by atoms with E-state index in [9.17, 15) is 24.5 Å². The average Bonchev–Trinajstić information content (AvgIpc) is 3.04. The van der Waals surface area contributed by atoms with Gasteiger partial charge in [-0.2, -0.15) is 11.8 Å². The molecular weight excluding hydrogens is 412 g/mol. The van der Waals surface area contributed by atoms with Crippen LogP contribution < -0.4 is 0 Å². The minimum absolute atomic E-state index is 0.0145. The van der Waals surface area contributed by atoms with E-state index in [4.69, 9.17) is 9.47 Å². The van der Waals surface area contributed by atoms with E-state index in [1.165, 1.54) is 19.1 Å². The second kappa shape index (κ2) is 9.46. The van der Waals surface area contributed by atoms with Gasteiger partial charge in [-0.3, -0.25) is 19.7 Å². The Morgan fingerprint density at radius 3 is 2.57 bits per heavy atom. The van der Waals surface area contributed by atoms with Crippen molar-refractivity contribution in [3.8, 4) is 0 Å². The van der Waals surface area contributed by atoms with E-state index in [-0.39, 0.29) is 48.0 Å². The van der Waals surface area contributed by atoms with Crippen LogP contribution in [0.3, 0.4) is 0 Å². The molecule has 0 saturated carbocycles. The number of nitro groups is 1. The van der Waals surface area contributed by atoms with Crippen molar-refractivity contribution in [3.05, 3.63) is 39.9 Å². The van der Waals surface area contributed by atoms with Gasteiger partial charge >= 0.3 is 11.9 Å². The first kappa shape index (κ1) is 22.1. The number of esters is 2. The summed E-state index contributed by atoms with van der Waals surface area (Å²) >= 11 is 1.63. The van der Waals surface area contributed by atoms with Crippen LogP contribution in [0, 0.1) is 16.0 Å². The molecule has 1 aromatic rings. The zero-order chi connectivity index (χ0) is 21.8. The number of nitro benzene ring substituents is 1. The Morgan fingerprint density at radius 2 is 1.97 bits per heavy atom. The third-order valence-electron chi connectivity index (χ3n) is 5.40. The Bertz CT molecular complexity index is 829. The third-order valence-corrected chi connectivity index (χ3v) is 6.62. The Morgan fingerprint density at radius 1 is 1.27 bits per heavy atom. The Hall–Kier alpha value is -2.62. The van der Waals surface area contributed by atoms with E-state index in [1.807, 2.05) is 6.92 Å². The van der Waals surface area contributed by atoms with E-state index in [0.29, 0.717) is 18.4 Å². The summed E-state index contributed by atoms with van der Waals surface area (Å²) in [7, 11) is 0. The molecule has 0 bridgehead atoms. The van der Waals surface area contributed by atoms with E-state index in [0.717, 1.165) is 5.75 Å². The van der Waals surface area contributed by atoms with Crippen LogP contribution in [0.25, 0.3) is 0 Å². The molecule has 162 valence electrons. The first-order valence-electron chi connectivity index (χ1n) is 9.80. The molecule has 4 unspecified atom stereocenters. The summed E-state index contributed by atoms with van der Waals surface area (Å²) in [6, 6.07) is 5.11. The van der Waals surface area contributed by atoms with Crippen molar-refractivity contribution in [2.24, 2.45) is 5.92 Å². The zero-order valence-electron chi connectivity index (χ0n) is 16.8. The van der Waals surface area contributed by atoms with Crippen LogP contribution >= 0.6 is 11.8 Å². The summed E-state index contributed by atoms with van der Waals surface area (Å²) in [5, 5.41) is 10.7. The van der Waals surface area contributed by atoms with Crippen molar-refractivity contribution in [2.45, 2.75) is 50.6 Å². The first-order chi connectivity index (χ1) is 14.3. The lowest BCUT2D eigenvalue weighted by molar-refractivity contribution is -0.384. The molecule has 0 spiro atoms. The highest BCUT2D eigenvalue weighted by molar-refractivity contribution is 7.99. The normalized spacial score (nSPS) is 24.7. The number of carbonyl (C=O) groups is 3. The van der Waals surface area contributed by atoms with Crippen LogP contribution in [0.4, 0.5) is 5.69 Å². The number of ether oxygens (including phenoxy) is 2. The SMILES string of the molecule is CCSC1CC2C(CCOC(C)=O)C(=O)N2C1C(=O)OCc1ccc([N+](=O)[O-])cc1. The molecule has 0 aromatic heterocycles. The number of nitrogens with zero attached hydrogens (tertiary/aromatic N) is 2. The highest BCUT2D eigenvalue weighted by atomic mass is 32.2. The number of rotatable bonds is 9. The van der Waals surface area contributed by atoms with Gasteiger partial charge in [-0.25, -0.2) is 4.79 Å². The molecule has 0 aliphatic carbocycles. The van der Waals surface area contributed by atoms with E-state index < -0.39 is 16.9 Å². The van der Waals surface area contributed by atoms with E-state index in [2.05, 4.69) is 0 Å². The van der Waals surface area contributed by atoms with Crippen LogP contribution in [-0.4, -0.2) is 57.4 Å². The van der Waals surface area contributed by atoms with Crippen LogP contribution in [0.2, 0.25) is 0 Å². The van der Waals surface area contributed by atoms with Gasteiger partial charge in [0, 0.05) is 30.3 Å². The minimum atomic E-state index is -0.643. The summed E-state index contributed by atoms with van der Waals surface area (Å²) in [4.78, 5) is 48.3. The number of carbonyl (C=O) groups excluding carboxylic acids is 3. The molecular formula is C20H24N2O7S. The molecule has 30 heavy (non-hydrogen) atoms. The molecule has 0 N–H and O–H groups in total. The van der Waals surface area contributed by atoms with E-state index >= 15 is 0 Å². The van der Waals surface area contributed by atoms with Crippen LogP contribution in [0.1, 0.15) is 32.3 Å². The van der Waals surface area contributed by atoms with Crippen molar-refractivity contribution in [3.63, 3.8) is 0 Å². The predicted molar refractivity (Wildman–Crippen MR) is 109 cm³/mol. The summed E-state index contributed by atoms with van der Waals surface area (Å²) in [6.45, 7) is 3.51. The smallest absolute Gasteiger partial charge is 0.330 e. The summed E-state index contributed by atoms with van der Waals surface area (Å²) < 4.78 is 10.4. The number of fused-ring (bicyclic) bond motifs is 1. The molecule has 4 atom stereocenters. The summed E-state index contributed by atoms with van der Waals surface area (Å²) in [5.74, 6) is -0.380. The highest BCUT2D eigenvalue weighted by Gasteiger charge is 2.59. The Balaban J connectivity index is 1.61. The molecule has 2 aliphatic heterocycles. The lowest BCUT2D eigenvalue weighted by Gasteiger charge is -2.44. The topological polar surface area (TPSA) is 116 Å². The number of β-lactam (4-membered cyclic amide) rings is 1. The fraction of sp³-hybridized carbons (Fsp3) is 0.550. The number of hydrogen-bond donors (Lipinski definition) is 0. The Labute approximate surface area is 178 Å². The molecule has 2 aliphatic rings. The van der Waals surface area contributed by atoms with Crippen molar-refractivity contribution < 1.29 is 28.8 Å². The van der Waals surface area contributed by atoms with Crippen LogP contribution in [0.15, 0.2) is 24.3 Å². The first-order valence-corrected chi connectivity index (χ1v) is 10.9. The number of thioether (sulfide) groups is 1. The second-order valence-electron chi connectivity index (χ2n) is 7.25. The maximum atomic E-state index is 12.8. The molecule has 2 fully saturated rings. The Kier molecular flexibility index (Phi) is 6.96. The lowest BCUT2D eigenvalue weighted by Crippen LogP contribution is -2.62. The second-order valence-corrected chi connectivity index (χ2v) is 8.77. The van der Waals surface area contributed by atoms with Gasteiger partial charge in [0.15, 0.2) is 0 Å². The predicted octanol–water partition coefficient (Wildman–Crippen LogP) is 2.31. The zero-order valence-corrected chi connectivity index (χ0v) is 17.6. The van der Waals surface area contributed by atoms with Crippen molar-refractivity contribution in [1.82, 2.24) is 4.90 Å². The molecule has 3 rings (SSSR count).